The molecule has 3 saturated heterocycles. The van der Waals surface area contributed by atoms with Gasteiger partial charge in [0.25, 0.3) is 0 Å². The summed E-state index contributed by atoms with van der Waals surface area (Å²) in [6, 6.07) is 0.698. The molecule has 0 aliphatic carbocycles. The molecule has 1 spiro atoms. The predicted octanol–water partition coefficient (Wildman–Crippen LogP) is 0.744. The van der Waals surface area contributed by atoms with Crippen LogP contribution in [0.25, 0.3) is 0 Å². The normalized spacial score (nSPS) is 41.4. The fourth-order valence-electron chi connectivity index (χ4n) is 4.00. The number of hydrogen-bond donors (Lipinski definition) is 0. The molecule has 0 saturated carbocycles. The van der Waals surface area contributed by atoms with Crippen LogP contribution in [0.3, 0.4) is 0 Å². The Bertz CT molecular complexity index is 371. The minimum absolute atomic E-state index is 0.439. The molecule has 4 heterocycles. The maximum absolute atomic E-state index is 5.30. The smallest absolute Gasteiger partial charge is 0.317 e. The highest BCUT2D eigenvalue weighted by Crippen LogP contribution is 2.48. The van der Waals surface area contributed by atoms with E-state index in [0.717, 1.165) is 19.0 Å². The van der Waals surface area contributed by atoms with Crippen LogP contribution in [0.1, 0.15) is 19.3 Å². The zero-order chi connectivity index (χ0) is 10.6. The van der Waals surface area contributed by atoms with E-state index in [1.54, 1.807) is 0 Å². The maximum Gasteiger partial charge on any atom is 0.317 e. The minimum Gasteiger partial charge on any atom is -0.411 e. The lowest BCUT2D eigenvalue weighted by Crippen LogP contribution is -2.44. The SMILES string of the molecule is c1nnc(N2CCC3(C2)C2CCN3CC2)o1. The first-order valence-corrected chi connectivity index (χ1v) is 6.15. The number of hydrogen-bond acceptors (Lipinski definition) is 5. The van der Waals surface area contributed by atoms with Gasteiger partial charge in [-0.1, -0.05) is 5.10 Å². The van der Waals surface area contributed by atoms with Gasteiger partial charge in [0.2, 0.25) is 6.39 Å². The average Bonchev–Trinajstić information content (AvgIpc) is 3.08. The van der Waals surface area contributed by atoms with E-state index >= 15 is 0 Å². The first kappa shape index (κ1) is 8.98. The van der Waals surface area contributed by atoms with Crippen LogP contribution >= 0.6 is 0 Å². The molecule has 3 fully saturated rings. The van der Waals surface area contributed by atoms with Gasteiger partial charge in [0.05, 0.1) is 0 Å². The molecular formula is C11H16N4O. The summed E-state index contributed by atoms with van der Waals surface area (Å²) in [6.07, 6.45) is 5.46. The van der Waals surface area contributed by atoms with E-state index in [4.69, 9.17) is 4.42 Å². The van der Waals surface area contributed by atoms with Gasteiger partial charge < -0.3 is 9.32 Å². The van der Waals surface area contributed by atoms with Crippen molar-refractivity contribution in [1.82, 2.24) is 15.1 Å². The predicted molar refractivity (Wildman–Crippen MR) is 58.2 cm³/mol. The molecule has 1 aromatic heterocycles. The van der Waals surface area contributed by atoms with Gasteiger partial charge in [-0.05, 0) is 38.3 Å². The van der Waals surface area contributed by atoms with Crippen LogP contribution < -0.4 is 4.90 Å². The van der Waals surface area contributed by atoms with Gasteiger partial charge in [0, 0.05) is 18.6 Å². The van der Waals surface area contributed by atoms with E-state index in [9.17, 15) is 0 Å². The number of piperidine rings is 1. The Morgan fingerprint density at radius 3 is 2.81 bits per heavy atom. The van der Waals surface area contributed by atoms with Crippen LogP contribution in [0, 0.1) is 5.92 Å². The fourth-order valence-corrected chi connectivity index (χ4v) is 4.00. The van der Waals surface area contributed by atoms with Gasteiger partial charge >= 0.3 is 6.01 Å². The molecule has 1 aromatic rings. The van der Waals surface area contributed by atoms with Gasteiger partial charge in [0.15, 0.2) is 0 Å². The van der Waals surface area contributed by atoms with E-state index in [-0.39, 0.29) is 0 Å². The topological polar surface area (TPSA) is 45.4 Å². The Hall–Kier alpha value is -1.10. The van der Waals surface area contributed by atoms with Gasteiger partial charge in [-0.15, -0.1) is 5.10 Å². The summed E-state index contributed by atoms with van der Waals surface area (Å²) in [5, 5.41) is 7.78. The van der Waals surface area contributed by atoms with Crippen LogP contribution in [-0.2, 0) is 0 Å². The highest BCUT2D eigenvalue weighted by molar-refractivity contribution is 5.31. The lowest BCUT2D eigenvalue weighted by molar-refractivity contribution is 0.194. The van der Waals surface area contributed by atoms with Crippen molar-refractivity contribution < 1.29 is 4.42 Å². The molecule has 3 aliphatic heterocycles. The molecule has 4 rings (SSSR count). The molecule has 16 heavy (non-hydrogen) atoms. The van der Waals surface area contributed by atoms with Crippen molar-refractivity contribution in [2.24, 2.45) is 5.92 Å². The van der Waals surface area contributed by atoms with Gasteiger partial charge in [-0.2, -0.15) is 0 Å². The van der Waals surface area contributed by atoms with Crippen molar-refractivity contribution in [2.45, 2.75) is 24.8 Å². The standard InChI is InChI=1S/C11H16N4O/c1-4-15-5-2-9(1)11(15)3-6-14(7-11)10-13-12-8-16-10/h8-9H,1-7H2. The van der Waals surface area contributed by atoms with Crippen LogP contribution in [-0.4, -0.2) is 46.8 Å². The molecule has 0 aromatic carbocycles. The quantitative estimate of drug-likeness (QED) is 0.698. The van der Waals surface area contributed by atoms with Crippen LogP contribution in [0.5, 0.6) is 0 Å². The van der Waals surface area contributed by atoms with Crippen molar-refractivity contribution in [2.75, 3.05) is 31.1 Å². The van der Waals surface area contributed by atoms with E-state index < -0.39 is 0 Å². The Balaban J connectivity index is 1.62. The first-order chi connectivity index (χ1) is 7.88. The van der Waals surface area contributed by atoms with Gasteiger partial charge in [0.1, 0.15) is 0 Å². The Kier molecular flexibility index (Phi) is 1.67. The Labute approximate surface area is 94.4 Å². The molecule has 5 nitrogen and oxygen atoms in total. The Morgan fingerprint density at radius 1 is 1.31 bits per heavy atom. The highest BCUT2D eigenvalue weighted by Gasteiger charge is 2.56. The molecule has 5 heteroatoms. The second kappa shape index (κ2) is 2.97. The summed E-state index contributed by atoms with van der Waals surface area (Å²) in [7, 11) is 0. The second-order valence-electron chi connectivity index (χ2n) is 5.26. The second-order valence-corrected chi connectivity index (χ2v) is 5.26. The highest BCUT2D eigenvalue weighted by atomic mass is 16.4. The number of aromatic nitrogens is 2. The van der Waals surface area contributed by atoms with Gasteiger partial charge in [-0.25, -0.2) is 0 Å². The summed E-state index contributed by atoms with van der Waals surface area (Å²) in [6.45, 7) is 4.74. The maximum atomic E-state index is 5.30. The summed E-state index contributed by atoms with van der Waals surface area (Å²) >= 11 is 0. The molecular weight excluding hydrogens is 204 g/mol. The lowest BCUT2D eigenvalue weighted by atomic mass is 9.85. The van der Waals surface area contributed by atoms with Crippen molar-refractivity contribution in [3.05, 3.63) is 6.39 Å². The lowest BCUT2D eigenvalue weighted by Gasteiger charge is -2.31. The number of anilines is 1. The molecule has 0 amide bonds. The van der Waals surface area contributed by atoms with E-state index in [0.29, 0.717) is 11.6 Å². The van der Waals surface area contributed by atoms with E-state index in [1.807, 2.05) is 0 Å². The zero-order valence-electron chi connectivity index (χ0n) is 9.30. The summed E-state index contributed by atoms with van der Waals surface area (Å²) in [5.74, 6) is 0.903. The van der Waals surface area contributed by atoms with Crippen LogP contribution in [0.2, 0.25) is 0 Å². The molecule has 2 bridgehead atoms. The van der Waals surface area contributed by atoms with Crippen molar-refractivity contribution in [3.63, 3.8) is 0 Å². The minimum atomic E-state index is 0.439. The van der Waals surface area contributed by atoms with Crippen molar-refractivity contribution in [1.29, 1.82) is 0 Å². The van der Waals surface area contributed by atoms with Gasteiger partial charge in [-0.3, -0.25) is 4.90 Å². The monoisotopic (exact) mass is 220 g/mol. The van der Waals surface area contributed by atoms with Crippen molar-refractivity contribution in [3.8, 4) is 0 Å². The number of rotatable bonds is 1. The summed E-state index contributed by atoms with van der Waals surface area (Å²) < 4.78 is 5.30. The van der Waals surface area contributed by atoms with Crippen LogP contribution in [0.15, 0.2) is 10.8 Å². The average molecular weight is 220 g/mol. The van der Waals surface area contributed by atoms with Crippen LogP contribution in [0.4, 0.5) is 6.01 Å². The third-order valence-corrected chi connectivity index (χ3v) is 4.78. The zero-order valence-corrected chi connectivity index (χ0v) is 9.30. The third kappa shape index (κ3) is 0.993. The molecule has 0 radical (unpaired) electrons. The first-order valence-electron chi connectivity index (χ1n) is 6.15. The third-order valence-electron chi connectivity index (χ3n) is 4.78. The van der Waals surface area contributed by atoms with Crippen molar-refractivity contribution >= 4 is 6.01 Å². The molecule has 0 N–H and O–H groups in total. The number of nitrogens with zero attached hydrogens (tertiary/aromatic N) is 4. The Morgan fingerprint density at radius 2 is 2.19 bits per heavy atom. The molecule has 1 unspecified atom stereocenters. The fraction of sp³-hybridized carbons (Fsp3) is 0.818. The van der Waals surface area contributed by atoms with E-state index in [2.05, 4.69) is 20.0 Å². The summed E-state index contributed by atoms with van der Waals surface area (Å²) in [4.78, 5) is 4.94. The van der Waals surface area contributed by atoms with E-state index in [1.165, 1.54) is 38.7 Å². The molecule has 1 atom stereocenters. The largest absolute Gasteiger partial charge is 0.411 e. The summed E-state index contributed by atoms with van der Waals surface area (Å²) in [5.41, 5.74) is 0.439. The molecule has 86 valence electrons. The molecule has 3 aliphatic rings.